The third kappa shape index (κ3) is 10.6. The van der Waals surface area contributed by atoms with Crippen LogP contribution in [0.5, 0.6) is 0 Å². The van der Waals surface area contributed by atoms with E-state index in [0.29, 0.717) is 25.8 Å². The summed E-state index contributed by atoms with van der Waals surface area (Å²) >= 11 is 0. The zero-order chi connectivity index (χ0) is 28.8. The van der Waals surface area contributed by atoms with Crippen LogP contribution in [-0.4, -0.2) is 77.5 Å². The number of aliphatic imine (C=N–C) groups is 1. The fourth-order valence-corrected chi connectivity index (χ4v) is 3.95. The Bertz CT molecular complexity index is 1150. The van der Waals surface area contributed by atoms with E-state index in [-0.39, 0.29) is 25.3 Å². The number of para-hydroxylation sites is 1. The molecule has 13 N–H and O–H groups in total. The van der Waals surface area contributed by atoms with E-state index in [1.807, 2.05) is 24.3 Å². The van der Waals surface area contributed by atoms with Gasteiger partial charge in [-0.05, 0) is 43.9 Å². The highest BCUT2D eigenvalue weighted by Crippen LogP contribution is 2.19. The number of fused-ring (bicyclic) bond motifs is 1. The maximum Gasteiger partial charge on any atom is 0.326 e. The van der Waals surface area contributed by atoms with Gasteiger partial charge in [0.05, 0.1) is 12.6 Å². The number of rotatable bonds is 17. The van der Waals surface area contributed by atoms with E-state index >= 15 is 0 Å². The number of aromatic amines is 1. The van der Waals surface area contributed by atoms with Gasteiger partial charge < -0.3 is 49.0 Å². The highest BCUT2D eigenvalue weighted by atomic mass is 16.4. The fourth-order valence-electron chi connectivity index (χ4n) is 3.95. The van der Waals surface area contributed by atoms with E-state index in [9.17, 15) is 24.3 Å². The summed E-state index contributed by atoms with van der Waals surface area (Å²) in [4.78, 5) is 56.8. The third-order valence-electron chi connectivity index (χ3n) is 6.04. The molecule has 0 aliphatic carbocycles. The lowest BCUT2D eigenvalue weighted by molar-refractivity contribution is -0.142. The quantitative estimate of drug-likeness (QED) is 0.0628. The van der Waals surface area contributed by atoms with Crippen molar-refractivity contribution in [1.82, 2.24) is 20.9 Å². The number of amides is 3. The van der Waals surface area contributed by atoms with Gasteiger partial charge >= 0.3 is 5.97 Å². The first-order chi connectivity index (χ1) is 18.6. The Kier molecular flexibility index (Phi) is 12.7. The molecule has 214 valence electrons. The second-order valence-corrected chi connectivity index (χ2v) is 9.14. The van der Waals surface area contributed by atoms with E-state index in [1.54, 1.807) is 6.20 Å². The maximum absolute atomic E-state index is 13.1. The number of hydrogen-bond acceptors (Lipinski definition) is 7. The van der Waals surface area contributed by atoms with Crippen molar-refractivity contribution in [2.24, 2.45) is 27.9 Å². The zero-order valence-corrected chi connectivity index (χ0v) is 21.8. The van der Waals surface area contributed by atoms with Gasteiger partial charge in [-0.2, -0.15) is 0 Å². The van der Waals surface area contributed by atoms with Crippen molar-refractivity contribution in [3.8, 4) is 0 Å². The number of carbonyl (C=O) groups is 4. The van der Waals surface area contributed by atoms with Crippen molar-refractivity contribution in [3.05, 3.63) is 36.0 Å². The lowest BCUT2D eigenvalue weighted by Gasteiger charge is -2.22. The van der Waals surface area contributed by atoms with Gasteiger partial charge in [-0.25, -0.2) is 4.79 Å². The summed E-state index contributed by atoms with van der Waals surface area (Å²) in [6.45, 7) is 0.292. The molecule has 0 bridgehead atoms. The Labute approximate surface area is 226 Å². The summed E-state index contributed by atoms with van der Waals surface area (Å²) in [5, 5.41) is 18.1. The average Bonchev–Trinajstić information content (AvgIpc) is 3.31. The van der Waals surface area contributed by atoms with Crippen molar-refractivity contribution in [3.63, 3.8) is 0 Å². The zero-order valence-electron chi connectivity index (χ0n) is 21.8. The molecule has 14 nitrogen and oxygen atoms in total. The number of nitrogens with zero attached hydrogens (tertiary/aromatic N) is 1. The Morgan fingerprint density at radius 3 is 2.41 bits per heavy atom. The predicted octanol–water partition coefficient (Wildman–Crippen LogP) is -1.61. The minimum Gasteiger partial charge on any atom is -0.480 e. The molecule has 0 spiro atoms. The SMILES string of the molecule is NCCCCC(N)C(=O)NCC(=O)NC(CCCN=C(N)N)C(=O)NC(Cc1c[nH]c2ccccc12)C(=O)O. The minimum absolute atomic E-state index is 0.0257. The van der Waals surface area contributed by atoms with Crippen molar-refractivity contribution >= 4 is 40.6 Å². The largest absolute Gasteiger partial charge is 0.480 e. The molecule has 1 aromatic carbocycles. The number of aromatic nitrogens is 1. The predicted molar refractivity (Wildman–Crippen MR) is 147 cm³/mol. The van der Waals surface area contributed by atoms with Crippen LogP contribution >= 0.6 is 0 Å². The summed E-state index contributed by atoms with van der Waals surface area (Å²) in [7, 11) is 0. The van der Waals surface area contributed by atoms with E-state index in [1.165, 1.54) is 0 Å². The first-order valence-corrected chi connectivity index (χ1v) is 12.8. The van der Waals surface area contributed by atoms with Gasteiger partial charge in [-0.1, -0.05) is 24.6 Å². The van der Waals surface area contributed by atoms with Crippen molar-refractivity contribution < 1.29 is 24.3 Å². The summed E-state index contributed by atoms with van der Waals surface area (Å²) < 4.78 is 0. The van der Waals surface area contributed by atoms with E-state index in [2.05, 4.69) is 25.9 Å². The molecule has 3 amide bonds. The van der Waals surface area contributed by atoms with E-state index < -0.39 is 48.4 Å². The Morgan fingerprint density at radius 2 is 1.72 bits per heavy atom. The second kappa shape index (κ2) is 15.9. The van der Waals surface area contributed by atoms with Crippen LogP contribution in [-0.2, 0) is 25.6 Å². The van der Waals surface area contributed by atoms with Crippen molar-refractivity contribution in [2.75, 3.05) is 19.6 Å². The van der Waals surface area contributed by atoms with Crippen LogP contribution in [0.4, 0.5) is 0 Å². The first kappa shape index (κ1) is 31.1. The van der Waals surface area contributed by atoms with Crippen molar-refractivity contribution in [1.29, 1.82) is 0 Å². The number of H-pyrrole nitrogens is 1. The van der Waals surface area contributed by atoms with Crippen LogP contribution in [0.25, 0.3) is 10.9 Å². The van der Waals surface area contributed by atoms with Gasteiger partial charge in [0, 0.05) is 30.1 Å². The van der Waals surface area contributed by atoms with Crippen molar-refractivity contribution in [2.45, 2.75) is 56.7 Å². The van der Waals surface area contributed by atoms with Gasteiger partial charge in [0.2, 0.25) is 17.7 Å². The molecule has 1 heterocycles. The number of nitrogens with two attached hydrogens (primary N) is 4. The Morgan fingerprint density at radius 1 is 0.974 bits per heavy atom. The molecule has 1 aromatic heterocycles. The number of nitrogens with one attached hydrogen (secondary N) is 4. The molecule has 0 aliphatic heterocycles. The van der Waals surface area contributed by atoms with Crippen LogP contribution < -0.4 is 38.9 Å². The van der Waals surface area contributed by atoms with Crippen LogP contribution in [0.1, 0.15) is 37.7 Å². The van der Waals surface area contributed by atoms with Crippen LogP contribution in [0, 0.1) is 0 Å². The summed E-state index contributed by atoms with van der Waals surface area (Å²) in [6, 6.07) is 4.28. The number of unbranched alkanes of at least 4 members (excludes halogenated alkanes) is 1. The molecule has 0 radical (unpaired) electrons. The fraction of sp³-hybridized carbons (Fsp3) is 0.480. The second-order valence-electron chi connectivity index (χ2n) is 9.14. The number of carboxylic acid groups (broad SMARTS) is 1. The van der Waals surface area contributed by atoms with Crippen LogP contribution in [0.15, 0.2) is 35.5 Å². The highest BCUT2D eigenvalue weighted by molar-refractivity contribution is 5.93. The Hall–Kier alpha value is -4.17. The number of guanidine groups is 1. The van der Waals surface area contributed by atoms with Gasteiger partial charge in [-0.3, -0.25) is 19.4 Å². The molecular weight excluding hydrogens is 506 g/mol. The lowest BCUT2D eigenvalue weighted by atomic mass is 10.0. The number of benzene rings is 1. The molecule has 39 heavy (non-hydrogen) atoms. The van der Waals surface area contributed by atoms with Gasteiger partial charge in [0.25, 0.3) is 0 Å². The van der Waals surface area contributed by atoms with Crippen LogP contribution in [0.3, 0.4) is 0 Å². The average molecular weight is 546 g/mol. The molecule has 0 saturated carbocycles. The summed E-state index contributed by atoms with van der Waals surface area (Å²) in [5.74, 6) is -3.17. The monoisotopic (exact) mass is 545 g/mol. The molecule has 2 rings (SSSR count). The number of aliphatic carboxylic acids is 1. The highest BCUT2D eigenvalue weighted by Gasteiger charge is 2.27. The number of carboxylic acids is 1. The lowest BCUT2D eigenvalue weighted by Crippen LogP contribution is -2.54. The number of hydrogen-bond donors (Lipinski definition) is 9. The molecule has 0 aliphatic rings. The normalized spacial score (nSPS) is 13.2. The van der Waals surface area contributed by atoms with Crippen LogP contribution in [0.2, 0.25) is 0 Å². The summed E-state index contributed by atoms with van der Waals surface area (Å²) in [6.07, 6.45) is 4.01. The van der Waals surface area contributed by atoms with Gasteiger partial charge in [-0.15, -0.1) is 0 Å². The third-order valence-corrected chi connectivity index (χ3v) is 6.04. The maximum atomic E-state index is 13.1. The topological polar surface area (TPSA) is 257 Å². The molecule has 0 saturated heterocycles. The smallest absolute Gasteiger partial charge is 0.326 e. The molecule has 3 unspecified atom stereocenters. The van der Waals surface area contributed by atoms with E-state index in [4.69, 9.17) is 22.9 Å². The standard InChI is InChI=1S/C25H39N9O5/c26-10-4-3-7-17(27)22(36)32-14-21(35)33-19(9-5-11-30-25(28)29)23(37)34-20(24(38)39)12-15-13-31-18-8-2-1-6-16(15)18/h1-2,6,8,13,17,19-20,31H,3-5,7,9-12,14,26-27H2,(H,32,36)(H,33,35)(H,34,37)(H,38,39)(H4,28,29,30). The minimum atomic E-state index is -1.25. The number of carbonyl (C=O) groups excluding carboxylic acids is 3. The Balaban J connectivity index is 2.03. The van der Waals surface area contributed by atoms with Gasteiger partial charge in [0.1, 0.15) is 12.1 Å². The van der Waals surface area contributed by atoms with E-state index in [0.717, 1.165) is 22.9 Å². The molecule has 0 fully saturated rings. The van der Waals surface area contributed by atoms with Gasteiger partial charge in [0.15, 0.2) is 5.96 Å². The molecule has 14 heteroatoms. The molecule has 3 atom stereocenters. The summed E-state index contributed by atoms with van der Waals surface area (Å²) in [5.41, 5.74) is 23.5. The molecule has 2 aromatic rings. The molecular formula is C25H39N9O5. The first-order valence-electron chi connectivity index (χ1n) is 12.8.